The molecule has 1 aliphatic heterocycles. The van der Waals surface area contributed by atoms with Crippen LogP contribution in [0, 0.1) is 0 Å². The molecule has 49 heavy (non-hydrogen) atoms. The molecule has 258 valence electrons. The number of amides is 2. The second-order valence-electron chi connectivity index (χ2n) is 12.8. The number of amidine groups is 1. The normalized spacial score (nSPS) is 20.5. The first-order valence-corrected chi connectivity index (χ1v) is 17.5. The summed E-state index contributed by atoms with van der Waals surface area (Å²) in [6, 6.07) is 20.0. The van der Waals surface area contributed by atoms with Crippen LogP contribution in [0.4, 0.5) is 23.7 Å². The molecular formula is C37H40F3N5O3S. The smallest absolute Gasteiger partial charge is 0.497 e. The SMILES string of the molecule is COc1ccc(N2/C(=N/C(=O)NC3CCC(c4ccc(-c5cn(-c6ccc(OC(F)(F)F)cc6)cn5)cc4)C3)SCCC2C)c(C(C)C)c1. The third kappa shape index (κ3) is 8.24. The molecule has 0 radical (unpaired) electrons. The maximum atomic E-state index is 13.3. The van der Waals surface area contributed by atoms with Crippen molar-refractivity contribution in [3.05, 3.63) is 90.4 Å². The van der Waals surface area contributed by atoms with Gasteiger partial charge in [-0.3, -0.25) is 0 Å². The van der Waals surface area contributed by atoms with Gasteiger partial charge in [0.15, 0.2) is 5.17 Å². The number of benzene rings is 3. The number of halogens is 3. The minimum atomic E-state index is -4.73. The fraction of sp³-hybridized carbons (Fsp3) is 0.378. The topological polar surface area (TPSA) is 81.0 Å². The van der Waals surface area contributed by atoms with Gasteiger partial charge < -0.3 is 24.3 Å². The Labute approximate surface area is 288 Å². The lowest BCUT2D eigenvalue weighted by atomic mass is 9.96. The van der Waals surface area contributed by atoms with Crippen molar-refractivity contribution in [3.63, 3.8) is 0 Å². The predicted molar refractivity (Wildman–Crippen MR) is 188 cm³/mol. The van der Waals surface area contributed by atoms with Gasteiger partial charge in [-0.05, 0) is 98.0 Å². The summed E-state index contributed by atoms with van der Waals surface area (Å²) in [4.78, 5) is 24.6. The van der Waals surface area contributed by atoms with E-state index in [1.807, 2.05) is 24.4 Å². The number of urea groups is 1. The summed E-state index contributed by atoms with van der Waals surface area (Å²) >= 11 is 1.62. The van der Waals surface area contributed by atoms with Crippen LogP contribution in [0.15, 0.2) is 84.2 Å². The monoisotopic (exact) mass is 691 g/mol. The fourth-order valence-corrected chi connectivity index (χ4v) is 7.75. The van der Waals surface area contributed by atoms with Crippen LogP contribution < -0.4 is 19.7 Å². The number of ether oxygens (including phenoxy) is 2. The second kappa shape index (κ2) is 14.6. The number of rotatable bonds is 8. The van der Waals surface area contributed by atoms with Crippen LogP contribution >= 0.6 is 11.8 Å². The molecule has 8 nitrogen and oxygen atoms in total. The molecule has 3 atom stereocenters. The number of nitrogens with one attached hydrogen (secondary N) is 1. The largest absolute Gasteiger partial charge is 0.573 e. The van der Waals surface area contributed by atoms with Gasteiger partial charge >= 0.3 is 12.4 Å². The van der Waals surface area contributed by atoms with Crippen LogP contribution in [-0.4, -0.2) is 52.1 Å². The summed E-state index contributed by atoms with van der Waals surface area (Å²) in [5, 5.41) is 3.90. The van der Waals surface area contributed by atoms with Gasteiger partial charge in [-0.2, -0.15) is 4.99 Å². The highest BCUT2D eigenvalue weighted by molar-refractivity contribution is 8.14. The molecule has 1 aliphatic carbocycles. The third-order valence-corrected chi connectivity index (χ3v) is 10.1. The molecule has 2 aliphatic rings. The van der Waals surface area contributed by atoms with Crippen molar-refractivity contribution >= 4 is 28.6 Å². The summed E-state index contributed by atoms with van der Waals surface area (Å²) in [6.07, 6.45) is 2.41. The summed E-state index contributed by atoms with van der Waals surface area (Å²) in [6.45, 7) is 6.50. The highest BCUT2D eigenvalue weighted by Gasteiger charge is 2.32. The van der Waals surface area contributed by atoms with Gasteiger partial charge in [-0.1, -0.05) is 49.9 Å². The number of hydrogen-bond donors (Lipinski definition) is 1. The molecular weight excluding hydrogens is 652 g/mol. The number of aliphatic imine (C=N–C) groups is 1. The Balaban J connectivity index is 1.08. The number of imidazole rings is 1. The first-order valence-electron chi connectivity index (χ1n) is 16.5. The van der Waals surface area contributed by atoms with Crippen molar-refractivity contribution in [2.24, 2.45) is 4.99 Å². The van der Waals surface area contributed by atoms with Crippen LogP contribution in [0.1, 0.15) is 69.4 Å². The van der Waals surface area contributed by atoms with Crippen molar-refractivity contribution < 1.29 is 27.4 Å². The van der Waals surface area contributed by atoms with E-state index in [9.17, 15) is 18.0 Å². The standard InChI is InChI=1S/C37H40F3N5O3S/c1-23(2)32-20-31(47-4)15-16-34(32)45-24(3)17-18-49-36(45)43-35(46)42-28-10-9-27(19-28)25-5-7-26(8-6-25)33-21-44(22-41-33)29-11-13-30(14-12-29)48-37(38,39)40/h5-8,11-16,20-24,27-28H,9-10,17-19H2,1-4H3,(H,42,46)/b43-36-. The molecule has 2 fully saturated rings. The summed E-state index contributed by atoms with van der Waals surface area (Å²) in [5.41, 5.74) is 5.77. The minimum Gasteiger partial charge on any atom is -0.497 e. The van der Waals surface area contributed by atoms with E-state index in [2.05, 4.69) is 70.0 Å². The zero-order valence-electron chi connectivity index (χ0n) is 27.9. The number of anilines is 1. The van der Waals surface area contributed by atoms with Gasteiger partial charge in [-0.25, -0.2) is 9.78 Å². The van der Waals surface area contributed by atoms with Crippen LogP contribution in [0.2, 0.25) is 0 Å². The number of aromatic nitrogens is 2. The minimum absolute atomic E-state index is 0.0387. The van der Waals surface area contributed by atoms with Gasteiger partial charge in [0.05, 0.1) is 19.1 Å². The van der Waals surface area contributed by atoms with Crippen LogP contribution in [-0.2, 0) is 0 Å². The molecule has 4 aromatic rings. The molecule has 0 bridgehead atoms. The Kier molecular flexibility index (Phi) is 10.2. The number of alkyl halides is 3. The Morgan fingerprint density at radius 3 is 2.45 bits per heavy atom. The Bertz CT molecular complexity index is 1790. The predicted octanol–water partition coefficient (Wildman–Crippen LogP) is 9.30. The van der Waals surface area contributed by atoms with Crippen LogP contribution in [0.25, 0.3) is 16.9 Å². The van der Waals surface area contributed by atoms with Crippen LogP contribution in [0.5, 0.6) is 11.5 Å². The second-order valence-corrected chi connectivity index (χ2v) is 13.9. The van der Waals surface area contributed by atoms with E-state index < -0.39 is 6.36 Å². The van der Waals surface area contributed by atoms with E-state index in [-0.39, 0.29) is 29.8 Å². The van der Waals surface area contributed by atoms with Gasteiger partial charge in [-0.15, -0.1) is 13.2 Å². The lowest BCUT2D eigenvalue weighted by Crippen LogP contribution is -2.43. The van der Waals surface area contributed by atoms with Gasteiger partial charge in [0.25, 0.3) is 0 Å². The maximum Gasteiger partial charge on any atom is 0.573 e. The zero-order valence-corrected chi connectivity index (χ0v) is 28.7. The molecule has 6 rings (SSSR count). The maximum absolute atomic E-state index is 13.3. The Morgan fingerprint density at radius 2 is 1.76 bits per heavy atom. The number of carbonyl (C=O) groups excluding carboxylic acids is 1. The molecule has 2 heterocycles. The molecule has 2 amide bonds. The van der Waals surface area contributed by atoms with Crippen LogP contribution in [0.3, 0.4) is 0 Å². The lowest BCUT2D eigenvalue weighted by molar-refractivity contribution is -0.274. The summed E-state index contributed by atoms with van der Waals surface area (Å²) in [7, 11) is 1.67. The third-order valence-electron chi connectivity index (χ3n) is 9.12. The van der Waals surface area contributed by atoms with Crippen molar-refractivity contribution in [2.45, 2.75) is 76.7 Å². The molecule has 3 unspecified atom stereocenters. The summed E-state index contributed by atoms with van der Waals surface area (Å²) in [5.74, 6) is 2.04. The first kappa shape index (κ1) is 34.4. The lowest BCUT2D eigenvalue weighted by Gasteiger charge is -2.37. The van der Waals surface area contributed by atoms with Gasteiger partial charge in [0.1, 0.15) is 11.5 Å². The number of carbonyl (C=O) groups is 1. The van der Waals surface area contributed by atoms with E-state index in [1.165, 1.54) is 17.7 Å². The zero-order chi connectivity index (χ0) is 34.7. The number of nitrogens with zero attached hydrogens (tertiary/aromatic N) is 4. The molecule has 12 heteroatoms. The van der Waals surface area contributed by atoms with Crippen molar-refractivity contribution in [1.29, 1.82) is 0 Å². The van der Waals surface area contributed by atoms with Crippen molar-refractivity contribution in [3.8, 4) is 28.4 Å². The van der Waals surface area contributed by atoms with Crippen molar-refractivity contribution in [2.75, 3.05) is 17.8 Å². The molecule has 1 saturated carbocycles. The van der Waals surface area contributed by atoms with E-state index in [0.29, 0.717) is 11.6 Å². The average Bonchev–Trinajstić information content (AvgIpc) is 3.75. The molecule has 0 spiro atoms. The summed E-state index contributed by atoms with van der Waals surface area (Å²) < 4.78 is 48.7. The highest BCUT2D eigenvalue weighted by atomic mass is 32.2. The highest BCUT2D eigenvalue weighted by Crippen LogP contribution is 2.38. The number of methoxy groups -OCH3 is 1. The quantitative estimate of drug-likeness (QED) is 0.198. The Hall–Kier alpha value is -4.45. The number of thioether (sulfide) groups is 1. The molecule has 3 aromatic carbocycles. The van der Waals surface area contributed by atoms with E-state index >= 15 is 0 Å². The van der Waals surface area contributed by atoms with E-state index in [0.717, 1.165) is 64.9 Å². The number of hydrogen-bond acceptors (Lipinski definition) is 5. The fourth-order valence-electron chi connectivity index (χ4n) is 6.54. The molecule has 1 aromatic heterocycles. The van der Waals surface area contributed by atoms with Gasteiger partial charge in [0.2, 0.25) is 0 Å². The average molecular weight is 692 g/mol. The Morgan fingerprint density at radius 1 is 1.02 bits per heavy atom. The van der Waals surface area contributed by atoms with Crippen molar-refractivity contribution in [1.82, 2.24) is 14.9 Å². The molecule has 1 saturated heterocycles. The van der Waals surface area contributed by atoms with E-state index in [4.69, 9.17) is 4.74 Å². The van der Waals surface area contributed by atoms with E-state index in [1.54, 1.807) is 41.9 Å². The first-order chi connectivity index (χ1) is 23.5. The van der Waals surface area contributed by atoms with Gasteiger partial charge in [0, 0.05) is 41.0 Å². The molecule has 1 N–H and O–H groups in total.